The number of hydrogen-bond acceptors (Lipinski definition) is 2. The summed E-state index contributed by atoms with van der Waals surface area (Å²) >= 11 is 0. The van der Waals surface area contributed by atoms with Crippen LogP contribution < -0.4 is 0 Å². The maximum atomic E-state index is 11.9. The first kappa shape index (κ1) is 17.3. The molecule has 5 heteroatoms. The minimum atomic E-state index is -0.780. The molecule has 2 aromatic heterocycles. The molecule has 2 bridgehead atoms. The Morgan fingerprint density at radius 3 is 2.82 bits per heavy atom. The third kappa shape index (κ3) is 2.60. The molecule has 28 heavy (non-hydrogen) atoms. The average molecular weight is 375 g/mol. The van der Waals surface area contributed by atoms with E-state index in [1.807, 2.05) is 13.1 Å². The summed E-state index contributed by atoms with van der Waals surface area (Å²) in [4.78, 5) is 18.0. The van der Waals surface area contributed by atoms with Crippen molar-refractivity contribution < 1.29 is 9.90 Å². The van der Waals surface area contributed by atoms with Crippen molar-refractivity contribution in [1.29, 1.82) is 0 Å². The highest BCUT2D eigenvalue weighted by Crippen LogP contribution is 2.47. The van der Waals surface area contributed by atoms with Gasteiger partial charge in [0.2, 0.25) is 0 Å². The van der Waals surface area contributed by atoms with Gasteiger partial charge in [-0.2, -0.15) is 0 Å². The van der Waals surface area contributed by atoms with Crippen LogP contribution in [0.1, 0.15) is 47.0 Å². The van der Waals surface area contributed by atoms with E-state index in [4.69, 9.17) is 0 Å². The summed E-state index contributed by atoms with van der Waals surface area (Å²) < 4.78 is 2.44. The van der Waals surface area contributed by atoms with Crippen LogP contribution in [0.3, 0.4) is 0 Å². The summed E-state index contributed by atoms with van der Waals surface area (Å²) in [5.41, 5.74) is 7.31. The van der Waals surface area contributed by atoms with Gasteiger partial charge in [-0.05, 0) is 56.9 Å². The molecule has 5 nitrogen and oxygen atoms in total. The molecule has 0 unspecified atom stereocenters. The van der Waals surface area contributed by atoms with Gasteiger partial charge in [-0.15, -0.1) is 0 Å². The lowest BCUT2D eigenvalue weighted by molar-refractivity contribution is 0.116. The van der Waals surface area contributed by atoms with Crippen LogP contribution in [-0.4, -0.2) is 31.7 Å². The second kappa shape index (κ2) is 6.36. The smallest absolute Gasteiger partial charge is 0.408 e. The fourth-order valence-corrected chi connectivity index (χ4v) is 5.16. The number of carboxylic acid groups (broad SMARTS) is 1. The monoisotopic (exact) mass is 375 g/mol. The Balaban J connectivity index is 1.60. The molecular formula is C23H25N3O2. The normalized spacial score (nSPS) is 20.6. The third-order valence-corrected chi connectivity index (χ3v) is 6.45. The van der Waals surface area contributed by atoms with Crippen LogP contribution in [0.25, 0.3) is 10.9 Å². The zero-order valence-corrected chi connectivity index (χ0v) is 16.4. The molecule has 144 valence electrons. The molecule has 1 N–H and O–H groups in total. The van der Waals surface area contributed by atoms with Crippen molar-refractivity contribution in [2.45, 2.75) is 58.2 Å². The molecule has 3 aromatic rings. The van der Waals surface area contributed by atoms with Crippen molar-refractivity contribution in [1.82, 2.24) is 14.5 Å². The summed E-state index contributed by atoms with van der Waals surface area (Å²) in [6.07, 6.45) is 4.82. The van der Waals surface area contributed by atoms with Gasteiger partial charge in [-0.1, -0.05) is 17.7 Å². The lowest BCUT2D eigenvalue weighted by Gasteiger charge is -2.33. The molecular weight excluding hydrogens is 350 g/mol. The second-order valence-corrected chi connectivity index (χ2v) is 8.23. The van der Waals surface area contributed by atoms with E-state index in [2.05, 4.69) is 46.8 Å². The van der Waals surface area contributed by atoms with Crippen molar-refractivity contribution in [3.05, 3.63) is 64.6 Å². The fourth-order valence-electron chi connectivity index (χ4n) is 5.16. The fraction of sp³-hybridized carbons (Fsp3) is 0.391. The van der Waals surface area contributed by atoms with Gasteiger partial charge in [0.15, 0.2) is 0 Å². The Labute approximate surface area is 164 Å². The second-order valence-electron chi connectivity index (χ2n) is 8.23. The first-order chi connectivity index (χ1) is 13.5. The van der Waals surface area contributed by atoms with Gasteiger partial charge in [0.25, 0.3) is 0 Å². The molecule has 5 rings (SSSR count). The van der Waals surface area contributed by atoms with Crippen LogP contribution in [0.2, 0.25) is 0 Å². The first-order valence-electron chi connectivity index (χ1n) is 10.1. The van der Waals surface area contributed by atoms with Crippen molar-refractivity contribution in [2.24, 2.45) is 0 Å². The number of carbonyl (C=O) groups is 1. The Hall–Kier alpha value is -2.82. The van der Waals surface area contributed by atoms with Gasteiger partial charge in [0.05, 0.1) is 6.04 Å². The van der Waals surface area contributed by atoms with Crippen molar-refractivity contribution >= 4 is 17.0 Å². The number of amides is 1. The SMILES string of the molecule is Cc1ccc2c(c1)c1c(n2CCc2ccc(C)nc2)C[C@@H]2CC[C@H]1N2C(=O)O. The quantitative estimate of drug-likeness (QED) is 0.726. The van der Waals surface area contributed by atoms with E-state index in [0.717, 1.165) is 37.9 Å². The molecule has 4 heterocycles. The van der Waals surface area contributed by atoms with E-state index in [-0.39, 0.29) is 12.1 Å². The minimum absolute atomic E-state index is 0.00200. The van der Waals surface area contributed by atoms with E-state index < -0.39 is 6.09 Å². The maximum Gasteiger partial charge on any atom is 0.408 e. The van der Waals surface area contributed by atoms with Crippen molar-refractivity contribution in [3.63, 3.8) is 0 Å². The van der Waals surface area contributed by atoms with Crippen molar-refractivity contribution in [3.8, 4) is 0 Å². The standard InChI is InChI=1S/C23H25N3O2/c1-14-3-7-19-18(11-14)22-20-8-6-17(26(20)23(27)28)12-21(22)25(19)10-9-16-5-4-15(2)24-13-16/h3-5,7,11,13,17,20H,6,8-10,12H2,1-2H3,(H,27,28)/t17-,20+/m0/s1. The predicted octanol–water partition coefficient (Wildman–Crippen LogP) is 4.64. The third-order valence-electron chi connectivity index (χ3n) is 6.45. The number of aromatic nitrogens is 2. The number of fused-ring (bicyclic) bond motifs is 6. The average Bonchev–Trinajstić information content (AvgIpc) is 3.15. The zero-order valence-electron chi connectivity index (χ0n) is 16.4. The number of rotatable bonds is 3. The zero-order chi connectivity index (χ0) is 19.4. The Bertz CT molecular complexity index is 1070. The Morgan fingerprint density at radius 1 is 1.21 bits per heavy atom. The van der Waals surface area contributed by atoms with Crippen LogP contribution >= 0.6 is 0 Å². The van der Waals surface area contributed by atoms with Gasteiger partial charge in [0, 0.05) is 53.1 Å². The van der Waals surface area contributed by atoms with Gasteiger partial charge in [0.1, 0.15) is 0 Å². The summed E-state index contributed by atoms with van der Waals surface area (Å²) in [6, 6.07) is 10.9. The summed E-state index contributed by atoms with van der Waals surface area (Å²) in [5.74, 6) is 0. The molecule has 1 aromatic carbocycles. The maximum absolute atomic E-state index is 11.9. The highest BCUT2D eigenvalue weighted by atomic mass is 16.4. The van der Waals surface area contributed by atoms with E-state index in [9.17, 15) is 9.90 Å². The molecule has 0 radical (unpaired) electrons. The molecule has 2 aliphatic heterocycles. The lowest BCUT2D eigenvalue weighted by atomic mass is 9.96. The molecule has 1 amide bonds. The van der Waals surface area contributed by atoms with Crippen LogP contribution in [0.4, 0.5) is 4.79 Å². The number of hydrogen-bond donors (Lipinski definition) is 1. The lowest BCUT2D eigenvalue weighted by Crippen LogP contribution is -2.41. The molecule has 1 saturated heterocycles. The van der Waals surface area contributed by atoms with Crippen LogP contribution in [0.5, 0.6) is 0 Å². The summed E-state index contributed by atoms with van der Waals surface area (Å²) in [7, 11) is 0. The number of pyridine rings is 1. The summed E-state index contributed by atoms with van der Waals surface area (Å²) in [6.45, 7) is 5.01. The van der Waals surface area contributed by atoms with E-state index in [1.165, 1.54) is 33.3 Å². The highest BCUT2D eigenvalue weighted by molar-refractivity contribution is 5.88. The first-order valence-corrected chi connectivity index (χ1v) is 10.1. The van der Waals surface area contributed by atoms with Crippen LogP contribution in [0, 0.1) is 13.8 Å². The van der Waals surface area contributed by atoms with Gasteiger partial charge in [-0.3, -0.25) is 9.88 Å². The van der Waals surface area contributed by atoms with E-state index >= 15 is 0 Å². The van der Waals surface area contributed by atoms with Gasteiger partial charge >= 0.3 is 6.09 Å². The molecule has 0 spiro atoms. The van der Waals surface area contributed by atoms with Crippen LogP contribution in [0.15, 0.2) is 36.5 Å². The Morgan fingerprint density at radius 2 is 2.07 bits per heavy atom. The van der Waals surface area contributed by atoms with Crippen molar-refractivity contribution in [2.75, 3.05) is 0 Å². The molecule has 0 aliphatic carbocycles. The highest BCUT2D eigenvalue weighted by Gasteiger charge is 2.45. The molecule has 0 saturated carbocycles. The number of aryl methyl sites for hydroxylation is 4. The van der Waals surface area contributed by atoms with E-state index in [1.54, 1.807) is 4.90 Å². The summed E-state index contributed by atoms with van der Waals surface area (Å²) in [5, 5.41) is 11.0. The Kier molecular flexibility index (Phi) is 3.93. The topological polar surface area (TPSA) is 58.4 Å². The van der Waals surface area contributed by atoms with Gasteiger partial charge < -0.3 is 9.67 Å². The minimum Gasteiger partial charge on any atom is -0.465 e. The number of nitrogens with zero attached hydrogens (tertiary/aromatic N) is 3. The number of benzene rings is 1. The molecule has 1 fully saturated rings. The van der Waals surface area contributed by atoms with Crippen LogP contribution in [-0.2, 0) is 19.4 Å². The molecule has 2 atom stereocenters. The molecule has 2 aliphatic rings. The van der Waals surface area contributed by atoms with E-state index in [0.29, 0.717) is 0 Å². The predicted molar refractivity (Wildman–Crippen MR) is 109 cm³/mol. The van der Waals surface area contributed by atoms with Gasteiger partial charge in [-0.25, -0.2) is 4.79 Å². The largest absolute Gasteiger partial charge is 0.465 e.